The Labute approximate surface area is 71.6 Å². The zero-order valence-electron chi connectivity index (χ0n) is 7.13. The normalized spacial score (nSPS) is 12.9. The molecule has 0 spiro atoms. The molecule has 0 radical (unpaired) electrons. The lowest BCUT2D eigenvalue weighted by Gasteiger charge is -2.10. The van der Waals surface area contributed by atoms with Gasteiger partial charge in [-0.15, -0.1) is 0 Å². The Morgan fingerprint density at radius 1 is 1.67 bits per heavy atom. The van der Waals surface area contributed by atoms with Crippen molar-refractivity contribution in [2.24, 2.45) is 5.73 Å². The lowest BCUT2D eigenvalue weighted by molar-refractivity contribution is 0.555. The van der Waals surface area contributed by atoms with Gasteiger partial charge in [0.05, 0.1) is 6.20 Å². The van der Waals surface area contributed by atoms with Crippen LogP contribution in [0.1, 0.15) is 31.4 Å². The van der Waals surface area contributed by atoms with Crippen molar-refractivity contribution < 1.29 is 4.39 Å². The summed E-state index contributed by atoms with van der Waals surface area (Å²) in [5.41, 5.74) is 6.30. The zero-order chi connectivity index (χ0) is 8.97. The Hall–Kier alpha value is -0.960. The molecule has 2 nitrogen and oxygen atoms in total. The van der Waals surface area contributed by atoms with Crippen molar-refractivity contribution in [2.45, 2.75) is 25.8 Å². The smallest absolute Gasteiger partial charge is 0.146 e. The molecule has 0 saturated heterocycles. The summed E-state index contributed by atoms with van der Waals surface area (Å²) in [6, 6.07) is 1.44. The molecule has 0 saturated carbocycles. The molecule has 1 rings (SSSR count). The van der Waals surface area contributed by atoms with Crippen LogP contribution < -0.4 is 5.73 Å². The Kier molecular flexibility index (Phi) is 3.17. The highest BCUT2D eigenvalue weighted by Gasteiger charge is 2.09. The molecule has 3 heteroatoms. The van der Waals surface area contributed by atoms with E-state index in [0.717, 1.165) is 12.8 Å². The topological polar surface area (TPSA) is 38.9 Å². The fourth-order valence-corrected chi connectivity index (χ4v) is 1.15. The molecule has 0 bridgehead atoms. The first kappa shape index (κ1) is 9.13. The van der Waals surface area contributed by atoms with Gasteiger partial charge in [-0.3, -0.25) is 4.98 Å². The SMILES string of the molecule is CCCC(N)c1ccncc1F. The summed E-state index contributed by atoms with van der Waals surface area (Å²) in [7, 11) is 0. The molecule has 12 heavy (non-hydrogen) atoms. The van der Waals surface area contributed by atoms with Gasteiger partial charge >= 0.3 is 0 Å². The Bertz CT molecular complexity index is 250. The Morgan fingerprint density at radius 2 is 2.42 bits per heavy atom. The highest BCUT2D eigenvalue weighted by molar-refractivity contribution is 5.16. The van der Waals surface area contributed by atoms with Gasteiger partial charge in [0.1, 0.15) is 5.82 Å². The van der Waals surface area contributed by atoms with Gasteiger partial charge in [-0.25, -0.2) is 4.39 Å². The van der Waals surface area contributed by atoms with Crippen LogP contribution in [0.2, 0.25) is 0 Å². The third-order valence-electron chi connectivity index (χ3n) is 1.80. The second-order valence-corrected chi connectivity index (χ2v) is 2.79. The van der Waals surface area contributed by atoms with Crippen molar-refractivity contribution in [3.8, 4) is 0 Å². The summed E-state index contributed by atoms with van der Waals surface area (Å²) >= 11 is 0. The van der Waals surface area contributed by atoms with Crippen molar-refractivity contribution in [3.63, 3.8) is 0 Å². The summed E-state index contributed by atoms with van der Waals surface area (Å²) in [4.78, 5) is 3.66. The van der Waals surface area contributed by atoms with Crippen LogP contribution in [0, 0.1) is 5.82 Å². The highest BCUT2D eigenvalue weighted by atomic mass is 19.1. The second-order valence-electron chi connectivity index (χ2n) is 2.79. The average molecular weight is 168 g/mol. The first-order valence-corrected chi connectivity index (χ1v) is 4.10. The van der Waals surface area contributed by atoms with Crippen LogP contribution in [0.25, 0.3) is 0 Å². The fraction of sp³-hybridized carbons (Fsp3) is 0.444. The number of nitrogens with zero attached hydrogens (tertiary/aromatic N) is 1. The molecule has 1 atom stereocenters. The lowest BCUT2D eigenvalue weighted by atomic mass is 10.0. The summed E-state index contributed by atoms with van der Waals surface area (Å²) < 4.78 is 13.0. The van der Waals surface area contributed by atoms with Crippen LogP contribution in [-0.4, -0.2) is 4.98 Å². The van der Waals surface area contributed by atoms with E-state index in [9.17, 15) is 4.39 Å². The average Bonchev–Trinajstić information content (AvgIpc) is 2.05. The summed E-state index contributed by atoms with van der Waals surface area (Å²) in [6.45, 7) is 2.03. The Morgan fingerprint density at radius 3 is 3.00 bits per heavy atom. The summed E-state index contributed by atoms with van der Waals surface area (Å²) in [5, 5.41) is 0. The largest absolute Gasteiger partial charge is 0.324 e. The van der Waals surface area contributed by atoms with Crippen LogP contribution >= 0.6 is 0 Å². The van der Waals surface area contributed by atoms with Crippen LogP contribution in [0.15, 0.2) is 18.5 Å². The van der Waals surface area contributed by atoms with E-state index in [1.165, 1.54) is 6.20 Å². The standard InChI is InChI=1S/C9H13FN2/c1-2-3-9(11)7-4-5-12-6-8(7)10/h4-6,9H,2-3,11H2,1H3. The summed E-state index contributed by atoms with van der Waals surface area (Å²) in [5.74, 6) is -0.307. The Balaban J connectivity index is 2.79. The zero-order valence-corrected chi connectivity index (χ0v) is 7.13. The van der Waals surface area contributed by atoms with Gasteiger partial charge in [0.25, 0.3) is 0 Å². The molecule has 2 N–H and O–H groups in total. The number of nitrogens with two attached hydrogens (primary N) is 1. The predicted molar refractivity (Wildman–Crippen MR) is 46.0 cm³/mol. The van der Waals surface area contributed by atoms with E-state index in [-0.39, 0.29) is 11.9 Å². The van der Waals surface area contributed by atoms with E-state index in [4.69, 9.17) is 5.73 Å². The number of hydrogen-bond acceptors (Lipinski definition) is 2. The lowest BCUT2D eigenvalue weighted by Crippen LogP contribution is -2.11. The van der Waals surface area contributed by atoms with E-state index < -0.39 is 0 Å². The fourth-order valence-electron chi connectivity index (χ4n) is 1.15. The molecule has 0 amide bonds. The molecule has 0 aliphatic rings. The molecule has 0 aliphatic carbocycles. The van der Waals surface area contributed by atoms with Gasteiger partial charge in [0.15, 0.2) is 0 Å². The van der Waals surface area contributed by atoms with Crippen LogP contribution in [0.4, 0.5) is 4.39 Å². The second kappa shape index (κ2) is 4.16. The first-order valence-electron chi connectivity index (χ1n) is 4.10. The van der Waals surface area contributed by atoms with E-state index in [1.807, 2.05) is 6.92 Å². The molecular weight excluding hydrogens is 155 g/mol. The van der Waals surface area contributed by atoms with E-state index in [2.05, 4.69) is 4.98 Å². The maximum Gasteiger partial charge on any atom is 0.146 e. The van der Waals surface area contributed by atoms with Crippen molar-refractivity contribution in [2.75, 3.05) is 0 Å². The molecule has 1 unspecified atom stereocenters. The third kappa shape index (κ3) is 2.01. The monoisotopic (exact) mass is 168 g/mol. The van der Waals surface area contributed by atoms with E-state index in [1.54, 1.807) is 12.3 Å². The molecule has 1 aromatic heterocycles. The van der Waals surface area contributed by atoms with Gasteiger partial charge in [0.2, 0.25) is 0 Å². The molecule has 0 aromatic carbocycles. The number of rotatable bonds is 3. The maximum atomic E-state index is 13.0. The van der Waals surface area contributed by atoms with E-state index in [0.29, 0.717) is 5.56 Å². The predicted octanol–water partition coefficient (Wildman–Crippen LogP) is 2.02. The molecule has 0 fully saturated rings. The van der Waals surface area contributed by atoms with Crippen molar-refractivity contribution in [3.05, 3.63) is 29.8 Å². The van der Waals surface area contributed by atoms with Crippen LogP contribution in [0.3, 0.4) is 0 Å². The minimum atomic E-state index is -0.307. The minimum absolute atomic E-state index is 0.196. The maximum absolute atomic E-state index is 13.0. The molecule has 66 valence electrons. The quantitative estimate of drug-likeness (QED) is 0.749. The summed E-state index contributed by atoms with van der Waals surface area (Å²) in [6.07, 6.45) is 4.53. The highest BCUT2D eigenvalue weighted by Crippen LogP contribution is 2.17. The van der Waals surface area contributed by atoms with Gasteiger partial charge < -0.3 is 5.73 Å². The van der Waals surface area contributed by atoms with Crippen molar-refractivity contribution in [1.29, 1.82) is 0 Å². The van der Waals surface area contributed by atoms with Gasteiger partial charge in [0, 0.05) is 17.8 Å². The number of halogens is 1. The molecular formula is C9H13FN2. The number of pyridine rings is 1. The van der Waals surface area contributed by atoms with Crippen molar-refractivity contribution >= 4 is 0 Å². The molecule has 1 heterocycles. The van der Waals surface area contributed by atoms with Gasteiger partial charge in [-0.05, 0) is 12.5 Å². The van der Waals surface area contributed by atoms with Crippen LogP contribution in [0.5, 0.6) is 0 Å². The van der Waals surface area contributed by atoms with Gasteiger partial charge in [-0.1, -0.05) is 13.3 Å². The van der Waals surface area contributed by atoms with Crippen LogP contribution in [-0.2, 0) is 0 Å². The number of aromatic nitrogens is 1. The van der Waals surface area contributed by atoms with E-state index >= 15 is 0 Å². The number of hydrogen-bond donors (Lipinski definition) is 1. The van der Waals surface area contributed by atoms with Gasteiger partial charge in [-0.2, -0.15) is 0 Å². The van der Waals surface area contributed by atoms with Crippen molar-refractivity contribution in [1.82, 2.24) is 4.98 Å². The first-order chi connectivity index (χ1) is 5.75. The third-order valence-corrected chi connectivity index (χ3v) is 1.80. The minimum Gasteiger partial charge on any atom is -0.324 e. The molecule has 1 aromatic rings. The molecule has 0 aliphatic heterocycles.